The number of nitrogens with zero attached hydrogens (tertiary/aromatic N) is 1. The van der Waals surface area contributed by atoms with Crippen LogP contribution in [0.4, 0.5) is 10.5 Å². The molecule has 21 heavy (non-hydrogen) atoms. The van der Waals surface area contributed by atoms with Gasteiger partial charge in [-0.1, -0.05) is 13.8 Å². The second-order valence-electron chi connectivity index (χ2n) is 4.91. The highest BCUT2D eigenvalue weighted by Crippen LogP contribution is 2.15. The Balaban J connectivity index is 2.91. The second-order valence-corrected chi connectivity index (χ2v) is 4.91. The first-order chi connectivity index (χ1) is 9.81. The standard InChI is InChI=1S/C13H18N4O4/c1-7(2)5-9(17-13(14)21)11(18)16-10-6-15-4-3-8(10)12(19)20/h3-4,6-7,9H,5H2,1-2H3,(H,16,18)(H,19,20)(H3,14,17,21). The van der Waals surface area contributed by atoms with E-state index in [1.165, 1.54) is 18.5 Å². The van der Waals surface area contributed by atoms with Crippen molar-refractivity contribution in [2.75, 3.05) is 5.32 Å². The Hall–Kier alpha value is -2.64. The lowest BCUT2D eigenvalue weighted by Crippen LogP contribution is -2.46. The zero-order valence-electron chi connectivity index (χ0n) is 11.8. The fourth-order valence-corrected chi connectivity index (χ4v) is 1.78. The van der Waals surface area contributed by atoms with Crippen molar-refractivity contribution in [2.45, 2.75) is 26.3 Å². The highest BCUT2D eigenvalue weighted by atomic mass is 16.4. The molecule has 0 spiro atoms. The molecule has 3 amide bonds. The normalized spacial score (nSPS) is 11.8. The Kier molecular flexibility index (Phi) is 5.65. The van der Waals surface area contributed by atoms with Gasteiger partial charge < -0.3 is 21.5 Å². The summed E-state index contributed by atoms with van der Waals surface area (Å²) >= 11 is 0. The summed E-state index contributed by atoms with van der Waals surface area (Å²) in [6.45, 7) is 3.77. The number of aromatic carboxylic acids is 1. The molecule has 0 aromatic carbocycles. The molecule has 0 saturated heterocycles. The van der Waals surface area contributed by atoms with Gasteiger partial charge in [-0.15, -0.1) is 0 Å². The van der Waals surface area contributed by atoms with Crippen molar-refractivity contribution in [2.24, 2.45) is 11.7 Å². The van der Waals surface area contributed by atoms with Gasteiger partial charge in [0.1, 0.15) is 6.04 Å². The first-order valence-corrected chi connectivity index (χ1v) is 6.35. The summed E-state index contributed by atoms with van der Waals surface area (Å²) in [4.78, 5) is 37.9. The smallest absolute Gasteiger partial charge is 0.337 e. The van der Waals surface area contributed by atoms with Crippen molar-refractivity contribution in [3.8, 4) is 0 Å². The summed E-state index contributed by atoms with van der Waals surface area (Å²) in [6, 6.07) is -0.388. The van der Waals surface area contributed by atoms with Crippen LogP contribution in [0, 0.1) is 5.92 Å². The van der Waals surface area contributed by atoms with E-state index in [0.29, 0.717) is 6.42 Å². The molecule has 0 aliphatic rings. The minimum absolute atomic E-state index is 0.0648. The van der Waals surface area contributed by atoms with Gasteiger partial charge in [0.05, 0.1) is 17.4 Å². The number of nitrogens with two attached hydrogens (primary N) is 1. The third-order valence-corrected chi connectivity index (χ3v) is 2.65. The number of rotatable bonds is 6. The lowest BCUT2D eigenvalue weighted by Gasteiger charge is -2.19. The Morgan fingerprint density at radius 1 is 1.38 bits per heavy atom. The Morgan fingerprint density at radius 3 is 2.57 bits per heavy atom. The molecule has 0 saturated carbocycles. The summed E-state index contributed by atoms with van der Waals surface area (Å²) < 4.78 is 0. The Labute approximate surface area is 121 Å². The fraction of sp³-hybridized carbons (Fsp3) is 0.385. The van der Waals surface area contributed by atoms with Gasteiger partial charge >= 0.3 is 12.0 Å². The van der Waals surface area contributed by atoms with Gasteiger partial charge in [0.2, 0.25) is 5.91 Å². The minimum Gasteiger partial charge on any atom is -0.478 e. The van der Waals surface area contributed by atoms with Crippen LogP contribution in [0.5, 0.6) is 0 Å². The lowest BCUT2D eigenvalue weighted by atomic mass is 10.0. The van der Waals surface area contributed by atoms with Gasteiger partial charge in [0.25, 0.3) is 0 Å². The van der Waals surface area contributed by atoms with E-state index in [4.69, 9.17) is 10.8 Å². The van der Waals surface area contributed by atoms with Gasteiger partial charge in [-0.05, 0) is 18.4 Å². The number of primary amides is 1. The maximum Gasteiger partial charge on any atom is 0.337 e. The predicted molar refractivity (Wildman–Crippen MR) is 75.8 cm³/mol. The maximum absolute atomic E-state index is 12.2. The maximum atomic E-state index is 12.2. The number of urea groups is 1. The molecule has 1 aromatic rings. The summed E-state index contributed by atoms with van der Waals surface area (Å²) in [7, 11) is 0. The molecule has 1 heterocycles. The molecule has 8 heteroatoms. The summed E-state index contributed by atoms with van der Waals surface area (Å²) in [6.07, 6.45) is 2.92. The van der Waals surface area contributed by atoms with E-state index in [0.717, 1.165) is 0 Å². The molecule has 0 fully saturated rings. The van der Waals surface area contributed by atoms with E-state index in [1.807, 2.05) is 13.8 Å². The average Bonchev–Trinajstić information content (AvgIpc) is 2.37. The van der Waals surface area contributed by atoms with E-state index >= 15 is 0 Å². The Bertz CT molecular complexity index is 545. The molecule has 0 radical (unpaired) electrons. The van der Waals surface area contributed by atoms with Crippen molar-refractivity contribution in [3.63, 3.8) is 0 Å². The first-order valence-electron chi connectivity index (χ1n) is 6.35. The number of amides is 3. The molecule has 1 rings (SSSR count). The topological polar surface area (TPSA) is 134 Å². The molecule has 1 atom stereocenters. The van der Waals surface area contributed by atoms with Crippen LogP contribution >= 0.6 is 0 Å². The zero-order valence-corrected chi connectivity index (χ0v) is 11.8. The summed E-state index contributed by atoms with van der Waals surface area (Å²) in [5.41, 5.74) is 5.02. The molecule has 0 aliphatic heterocycles. The quantitative estimate of drug-likeness (QED) is 0.615. The SMILES string of the molecule is CC(C)CC(NC(N)=O)C(=O)Nc1cnccc1C(=O)O. The number of carboxylic acid groups (broad SMARTS) is 1. The molecule has 0 bridgehead atoms. The van der Waals surface area contributed by atoms with E-state index in [1.54, 1.807) is 0 Å². The first kappa shape index (κ1) is 16.4. The molecule has 8 nitrogen and oxygen atoms in total. The number of carbonyl (C=O) groups is 3. The van der Waals surface area contributed by atoms with Gasteiger partial charge in [0, 0.05) is 6.20 Å². The number of pyridine rings is 1. The number of hydrogen-bond acceptors (Lipinski definition) is 4. The minimum atomic E-state index is -1.18. The number of aromatic nitrogens is 1. The number of carboxylic acids is 1. The highest BCUT2D eigenvalue weighted by Gasteiger charge is 2.22. The molecule has 1 unspecified atom stereocenters. The molecular formula is C13H18N4O4. The van der Waals surface area contributed by atoms with Gasteiger partial charge in [-0.3, -0.25) is 9.78 Å². The zero-order chi connectivity index (χ0) is 16.0. The van der Waals surface area contributed by atoms with Crippen molar-refractivity contribution in [1.29, 1.82) is 0 Å². The third kappa shape index (κ3) is 5.09. The molecule has 1 aromatic heterocycles. The van der Waals surface area contributed by atoms with Crippen LogP contribution in [0.3, 0.4) is 0 Å². The monoisotopic (exact) mass is 294 g/mol. The lowest BCUT2D eigenvalue weighted by molar-refractivity contribution is -0.118. The van der Waals surface area contributed by atoms with Crippen molar-refractivity contribution < 1.29 is 19.5 Å². The Morgan fingerprint density at radius 2 is 2.05 bits per heavy atom. The summed E-state index contributed by atoms with van der Waals surface area (Å²) in [5, 5.41) is 13.8. The van der Waals surface area contributed by atoms with Gasteiger partial charge in [-0.2, -0.15) is 0 Å². The van der Waals surface area contributed by atoms with Crippen molar-refractivity contribution >= 4 is 23.6 Å². The number of anilines is 1. The van der Waals surface area contributed by atoms with E-state index in [-0.39, 0.29) is 17.2 Å². The van der Waals surface area contributed by atoms with Crippen LogP contribution in [0.1, 0.15) is 30.6 Å². The fourth-order valence-electron chi connectivity index (χ4n) is 1.78. The van der Waals surface area contributed by atoms with E-state index in [2.05, 4.69) is 15.6 Å². The van der Waals surface area contributed by atoms with Crippen molar-refractivity contribution in [1.82, 2.24) is 10.3 Å². The van der Waals surface area contributed by atoms with Crippen molar-refractivity contribution in [3.05, 3.63) is 24.0 Å². The summed E-state index contributed by atoms with van der Waals surface area (Å²) in [5.74, 6) is -1.59. The van der Waals surface area contributed by atoms with Crippen LogP contribution in [-0.4, -0.2) is 34.0 Å². The molecule has 0 aliphatic carbocycles. The third-order valence-electron chi connectivity index (χ3n) is 2.65. The van der Waals surface area contributed by atoms with Crippen LogP contribution in [0.25, 0.3) is 0 Å². The predicted octanol–water partition coefficient (Wildman–Crippen LogP) is 0.801. The van der Waals surface area contributed by atoms with E-state index < -0.39 is 23.9 Å². The van der Waals surface area contributed by atoms with Crippen LogP contribution in [0.2, 0.25) is 0 Å². The largest absolute Gasteiger partial charge is 0.478 e. The number of carbonyl (C=O) groups excluding carboxylic acids is 2. The molecule has 5 N–H and O–H groups in total. The van der Waals surface area contributed by atoms with E-state index in [9.17, 15) is 14.4 Å². The molecular weight excluding hydrogens is 276 g/mol. The van der Waals surface area contributed by atoms with Crippen LogP contribution < -0.4 is 16.4 Å². The van der Waals surface area contributed by atoms with Crippen LogP contribution in [0.15, 0.2) is 18.5 Å². The highest BCUT2D eigenvalue weighted by molar-refractivity contribution is 6.02. The van der Waals surface area contributed by atoms with Gasteiger partial charge in [0.15, 0.2) is 0 Å². The number of hydrogen-bond donors (Lipinski definition) is 4. The average molecular weight is 294 g/mol. The second kappa shape index (κ2) is 7.22. The molecule has 114 valence electrons. The number of nitrogens with one attached hydrogen (secondary N) is 2. The van der Waals surface area contributed by atoms with Crippen LogP contribution in [-0.2, 0) is 4.79 Å². The van der Waals surface area contributed by atoms with Gasteiger partial charge in [-0.25, -0.2) is 9.59 Å².